The molecule has 166 valence electrons. The monoisotopic (exact) mass is 444 g/mol. The minimum absolute atomic E-state index is 0. The molecule has 4 rings (SSSR count). The fraction of sp³-hybridized carbons (Fsp3) is 0.417. The minimum Gasteiger partial charge on any atom is -0.310 e. The number of rotatable bonds is 7. The van der Waals surface area contributed by atoms with Crippen LogP contribution in [0.4, 0.5) is 4.39 Å². The lowest BCUT2D eigenvalue weighted by molar-refractivity contribution is 0.191. The van der Waals surface area contributed by atoms with Crippen LogP contribution in [-0.4, -0.2) is 40.1 Å². The number of nitrogens with one attached hydrogen (secondary N) is 1. The summed E-state index contributed by atoms with van der Waals surface area (Å²) in [4.78, 5) is 18.8. The van der Waals surface area contributed by atoms with Crippen molar-refractivity contribution < 1.29 is 4.39 Å². The Kier molecular flexibility index (Phi) is 8.18. The van der Waals surface area contributed by atoms with E-state index in [4.69, 9.17) is 0 Å². The highest BCUT2D eigenvalue weighted by Gasteiger charge is 2.19. The second kappa shape index (κ2) is 10.8. The number of hydrogen-bond donors (Lipinski definition) is 1. The van der Waals surface area contributed by atoms with Crippen molar-refractivity contribution in [2.45, 2.75) is 45.3 Å². The van der Waals surface area contributed by atoms with Crippen molar-refractivity contribution in [1.82, 2.24) is 19.8 Å². The number of piperidine rings is 1. The standard InChI is InChI=1S/C24H29FN4O.ClH/c1-2-18-3-5-19(6-4-18)16-26-21-9-11-28(12-10-21)13-14-29-23-15-20(25)7-8-22(23)27-17-24(29)30;/h3-8,15,17,21,26H,2,9-14,16H2,1H3;1H. The van der Waals surface area contributed by atoms with Crippen LogP contribution in [0.15, 0.2) is 53.5 Å². The van der Waals surface area contributed by atoms with Gasteiger partial charge in [0.15, 0.2) is 0 Å². The third-order valence-electron chi connectivity index (χ3n) is 6.06. The molecule has 7 heteroatoms. The fourth-order valence-electron chi connectivity index (χ4n) is 4.12. The van der Waals surface area contributed by atoms with E-state index in [2.05, 4.69) is 46.4 Å². The highest BCUT2D eigenvalue weighted by Crippen LogP contribution is 2.14. The van der Waals surface area contributed by atoms with E-state index in [1.54, 1.807) is 10.6 Å². The molecule has 1 aliphatic heterocycles. The molecule has 0 bridgehead atoms. The Balaban J connectivity index is 0.00000272. The first-order valence-corrected chi connectivity index (χ1v) is 10.8. The maximum atomic E-state index is 13.7. The summed E-state index contributed by atoms with van der Waals surface area (Å²) in [6.07, 6.45) is 4.58. The van der Waals surface area contributed by atoms with E-state index in [-0.39, 0.29) is 23.8 Å². The van der Waals surface area contributed by atoms with E-state index in [1.165, 1.54) is 29.5 Å². The summed E-state index contributed by atoms with van der Waals surface area (Å²) in [5.41, 5.74) is 3.72. The maximum absolute atomic E-state index is 13.7. The number of benzene rings is 2. The van der Waals surface area contributed by atoms with Crippen LogP contribution < -0.4 is 10.9 Å². The predicted molar refractivity (Wildman–Crippen MR) is 125 cm³/mol. The van der Waals surface area contributed by atoms with Gasteiger partial charge in [0.05, 0.1) is 17.2 Å². The van der Waals surface area contributed by atoms with Gasteiger partial charge in [-0.1, -0.05) is 31.2 Å². The number of likely N-dealkylation sites (tertiary alicyclic amines) is 1. The SMILES string of the molecule is CCc1ccc(CNC2CCN(CCn3c(=O)cnc4ccc(F)cc43)CC2)cc1.Cl. The first kappa shape index (κ1) is 23.4. The smallest absolute Gasteiger partial charge is 0.269 e. The number of halogens is 2. The Labute approximate surface area is 188 Å². The first-order chi connectivity index (χ1) is 14.6. The summed E-state index contributed by atoms with van der Waals surface area (Å²) in [5.74, 6) is -0.347. The number of fused-ring (bicyclic) bond motifs is 1. The Morgan fingerprint density at radius 1 is 1.06 bits per heavy atom. The second-order valence-corrected chi connectivity index (χ2v) is 8.05. The molecule has 0 amide bonds. The lowest BCUT2D eigenvalue weighted by Gasteiger charge is -2.32. The van der Waals surface area contributed by atoms with Crippen LogP contribution in [-0.2, 0) is 19.5 Å². The third kappa shape index (κ3) is 5.91. The van der Waals surface area contributed by atoms with Gasteiger partial charge in [-0.15, -0.1) is 12.4 Å². The largest absolute Gasteiger partial charge is 0.310 e. The van der Waals surface area contributed by atoms with Gasteiger partial charge < -0.3 is 14.8 Å². The Morgan fingerprint density at radius 3 is 2.48 bits per heavy atom. The number of aryl methyl sites for hydroxylation is 1. The van der Waals surface area contributed by atoms with Crippen LogP contribution in [0.2, 0.25) is 0 Å². The van der Waals surface area contributed by atoms with Gasteiger partial charge >= 0.3 is 0 Å². The van der Waals surface area contributed by atoms with Gasteiger partial charge in [0.25, 0.3) is 5.56 Å². The van der Waals surface area contributed by atoms with Crippen LogP contribution in [0, 0.1) is 5.82 Å². The topological polar surface area (TPSA) is 50.2 Å². The predicted octanol–water partition coefficient (Wildman–Crippen LogP) is 3.77. The zero-order valence-corrected chi connectivity index (χ0v) is 18.7. The molecule has 2 heterocycles. The molecule has 0 spiro atoms. The molecule has 1 N–H and O–H groups in total. The van der Waals surface area contributed by atoms with Crippen LogP contribution >= 0.6 is 12.4 Å². The van der Waals surface area contributed by atoms with Crippen LogP contribution in [0.5, 0.6) is 0 Å². The maximum Gasteiger partial charge on any atom is 0.269 e. The van der Waals surface area contributed by atoms with Crippen molar-refractivity contribution in [3.8, 4) is 0 Å². The summed E-state index contributed by atoms with van der Waals surface area (Å²) in [5, 5.41) is 3.68. The molecule has 2 aromatic carbocycles. The summed E-state index contributed by atoms with van der Waals surface area (Å²) < 4.78 is 15.3. The average Bonchev–Trinajstić information content (AvgIpc) is 2.78. The van der Waals surface area contributed by atoms with Crippen molar-refractivity contribution in [2.24, 2.45) is 0 Å². The normalized spacial score (nSPS) is 15.2. The van der Waals surface area contributed by atoms with Gasteiger partial charge in [-0.05, 0) is 61.7 Å². The molecular formula is C24H30ClFN4O. The highest BCUT2D eigenvalue weighted by atomic mass is 35.5. The van der Waals surface area contributed by atoms with Crippen molar-refractivity contribution in [1.29, 1.82) is 0 Å². The Hall–Kier alpha value is -2.28. The van der Waals surface area contributed by atoms with E-state index < -0.39 is 0 Å². The summed E-state index contributed by atoms with van der Waals surface area (Å²) >= 11 is 0. The van der Waals surface area contributed by atoms with Crippen molar-refractivity contribution >= 4 is 23.4 Å². The van der Waals surface area contributed by atoms with E-state index in [9.17, 15) is 9.18 Å². The van der Waals surface area contributed by atoms with Crippen LogP contribution in [0.3, 0.4) is 0 Å². The zero-order chi connectivity index (χ0) is 20.9. The quantitative estimate of drug-likeness (QED) is 0.602. The van der Waals surface area contributed by atoms with Crippen molar-refractivity contribution in [2.75, 3.05) is 19.6 Å². The summed E-state index contributed by atoms with van der Waals surface area (Å²) in [7, 11) is 0. The van der Waals surface area contributed by atoms with Gasteiger partial charge in [-0.25, -0.2) is 9.37 Å². The molecule has 1 saturated heterocycles. The fourth-order valence-corrected chi connectivity index (χ4v) is 4.12. The van der Waals surface area contributed by atoms with Crippen molar-refractivity contribution in [3.05, 3.63) is 76.0 Å². The van der Waals surface area contributed by atoms with Gasteiger partial charge in [-0.2, -0.15) is 0 Å². The minimum atomic E-state index is -0.347. The van der Waals surface area contributed by atoms with Gasteiger partial charge in [0, 0.05) is 25.7 Å². The molecule has 0 aliphatic carbocycles. The number of hydrogen-bond acceptors (Lipinski definition) is 4. The molecule has 1 aliphatic rings. The highest BCUT2D eigenvalue weighted by molar-refractivity contribution is 5.85. The molecule has 1 fully saturated rings. The molecular weight excluding hydrogens is 415 g/mol. The first-order valence-electron chi connectivity index (χ1n) is 10.8. The molecule has 0 saturated carbocycles. The van der Waals surface area contributed by atoms with Gasteiger partial charge in [0.2, 0.25) is 0 Å². The average molecular weight is 445 g/mol. The summed E-state index contributed by atoms with van der Waals surface area (Å²) in [6, 6.07) is 13.7. The zero-order valence-electron chi connectivity index (χ0n) is 17.9. The lowest BCUT2D eigenvalue weighted by Crippen LogP contribution is -2.43. The second-order valence-electron chi connectivity index (χ2n) is 8.05. The van der Waals surface area contributed by atoms with E-state index >= 15 is 0 Å². The van der Waals surface area contributed by atoms with Gasteiger partial charge in [-0.3, -0.25) is 4.79 Å². The van der Waals surface area contributed by atoms with E-state index in [1.807, 2.05) is 0 Å². The molecule has 3 aromatic rings. The molecule has 1 aromatic heterocycles. The van der Waals surface area contributed by atoms with Crippen molar-refractivity contribution in [3.63, 3.8) is 0 Å². The molecule has 0 unspecified atom stereocenters. The molecule has 0 atom stereocenters. The molecule has 0 radical (unpaired) electrons. The van der Waals surface area contributed by atoms with E-state index in [0.29, 0.717) is 23.6 Å². The van der Waals surface area contributed by atoms with E-state index in [0.717, 1.165) is 45.4 Å². The number of nitrogens with zero attached hydrogens (tertiary/aromatic N) is 3. The third-order valence-corrected chi connectivity index (χ3v) is 6.06. The summed E-state index contributed by atoms with van der Waals surface area (Å²) in [6.45, 7) is 6.40. The Bertz CT molecular complexity index is 1050. The van der Waals surface area contributed by atoms with Crippen LogP contribution in [0.1, 0.15) is 30.9 Å². The molecule has 5 nitrogen and oxygen atoms in total. The van der Waals surface area contributed by atoms with Crippen LogP contribution in [0.25, 0.3) is 11.0 Å². The number of aromatic nitrogens is 2. The Morgan fingerprint density at radius 2 is 1.77 bits per heavy atom. The van der Waals surface area contributed by atoms with Gasteiger partial charge in [0.1, 0.15) is 5.82 Å². The lowest BCUT2D eigenvalue weighted by atomic mass is 10.0. The molecule has 31 heavy (non-hydrogen) atoms.